The van der Waals surface area contributed by atoms with Crippen LogP contribution >= 0.6 is 0 Å². The summed E-state index contributed by atoms with van der Waals surface area (Å²) in [6, 6.07) is 5.79. The number of hydrogen-bond acceptors (Lipinski definition) is 2. The maximum atomic E-state index is 12.8. The average molecular weight is 235 g/mol. The molecule has 4 heteroatoms. The van der Waals surface area contributed by atoms with Gasteiger partial charge >= 0.3 is 0 Å². The van der Waals surface area contributed by atoms with Gasteiger partial charge in [0.2, 0.25) is 0 Å². The van der Waals surface area contributed by atoms with E-state index < -0.39 is 0 Å². The Labute approximate surface area is 99.5 Å². The number of hydrogen-bond donors (Lipinski definition) is 0. The normalized spacial score (nSPS) is 14.8. The highest BCUT2D eigenvalue weighted by molar-refractivity contribution is 6.03. The number of anilines is 1. The molecule has 0 aliphatic carbocycles. The molecule has 0 aromatic heterocycles. The Hall–Kier alpha value is -1.84. The van der Waals surface area contributed by atoms with Crippen LogP contribution in [0.15, 0.2) is 36.1 Å². The van der Waals surface area contributed by atoms with Gasteiger partial charge in [-0.1, -0.05) is 0 Å². The van der Waals surface area contributed by atoms with Gasteiger partial charge in [-0.3, -0.25) is 4.79 Å². The van der Waals surface area contributed by atoms with Crippen molar-refractivity contribution in [1.82, 2.24) is 0 Å². The van der Waals surface area contributed by atoms with Gasteiger partial charge in [-0.15, -0.1) is 0 Å². The van der Waals surface area contributed by atoms with Crippen molar-refractivity contribution in [3.05, 3.63) is 41.9 Å². The van der Waals surface area contributed by atoms with Crippen LogP contribution in [0, 0.1) is 5.82 Å². The van der Waals surface area contributed by atoms with Crippen LogP contribution < -0.4 is 4.90 Å². The zero-order valence-corrected chi connectivity index (χ0v) is 9.65. The third-order valence-corrected chi connectivity index (χ3v) is 2.67. The minimum absolute atomic E-state index is 0.198. The number of ether oxygens (including phenoxy) is 1. The first-order chi connectivity index (χ1) is 8.18. The van der Waals surface area contributed by atoms with Crippen LogP contribution in [0.5, 0.6) is 0 Å². The number of allylic oxidation sites excluding steroid dienone is 1. The minimum Gasteiger partial charge on any atom is -0.488 e. The van der Waals surface area contributed by atoms with Gasteiger partial charge in [0, 0.05) is 12.7 Å². The van der Waals surface area contributed by atoms with Gasteiger partial charge in [0.05, 0.1) is 6.61 Å². The van der Waals surface area contributed by atoms with Crippen LogP contribution in [0.2, 0.25) is 0 Å². The molecule has 1 aromatic carbocycles. The Morgan fingerprint density at radius 2 is 2.06 bits per heavy atom. The fourth-order valence-corrected chi connectivity index (χ4v) is 1.65. The summed E-state index contributed by atoms with van der Waals surface area (Å²) in [5.41, 5.74) is 0.645. The third-order valence-electron chi connectivity index (χ3n) is 2.67. The molecule has 0 saturated carbocycles. The third kappa shape index (κ3) is 2.64. The molecule has 3 nitrogen and oxygen atoms in total. The molecule has 1 heterocycles. The predicted molar refractivity (Wildman–Crippen MR) is 63.1 cm³/mol. The molecule has 0 fully saturated rings. The Kier molecular flexibility index (Phi) is 3.42. The minimum atomic E-state index is -0.317. The van der Waals surface area contributed by atoms with Gasteiger partial charge in [0.15, 0.2) is 5.76 Å². The van der Waals surface area contributed by atoms with E-state index in [0.717, 1.165) is 12.8 Å². The van der Waals surface area contributed by atoms with Crippen molar-refractivity contribution in [3.8, 4) is 0 Å². The Bertz CT molecular complexity index is 439. The van der Waals surface area contributed by atoms with E-state index in [0.29, 0.717) is 18.1 Å². The molecule has 0 atom stereocenters. The van der Waals surface area contributed by atoms with Crippen molar-refractivity contribution in [2.45, 2.75) is 12.8 Å². The van der Waals surface area contributed by atoms with Crippen LogP contribution in [0.25, 0.3) is 0 Å². The summed E-state index contributed by atoms with van der Waals surface area (Å²) >= 11 is 0. The number of carbonyl (C=O) groups excluding carboxylic acids is 1. The predicted octanol–water partition coefficient (Wildman–Crippen LogP) is 2.48. The second-order valence-corrected chi connectivity index (χ2v) is 3.90. The molecule has 2 rings (SSSR count). The number of likely N-dealkylation sites (N-methyl/N-ethyl adjacent to an activating group) is 1. The molecule has 90 valence electrons. The molecule has 0 unspecified atom stereocenters. The zero-order valence-electron chi connectivity index (χ0n) is 9.65. The van der Waals surface area contributed by atoms with Crippen molar-refractivity contribution in [1.29, 1.82) is 0 Å². The number of benzene rings is 1. The SMILES string of the molecule is CN(C(=O)C1=CCCCO1)c1ccc(F)cc1. The van der Waals surface area contributed by atoms with Gasteiger partial charge in [-0.25, -0.2) is 4.39 Å². The first kappa shape index (κ1) is 11.6. The van der Waals surface area contributed by atoms with E-state index in [1.165, 1.54) is 17.0 Å². The van der Waals surface area contributed by atoms with E-state index in [9.17, 15) is 9.18 Å². The highest BCUT2D eigenvalue weighted by Crippen LogP contribution is 2.18. The highest BCUT2D eigenvalue weighted by Gasteiger charge is 2.19. The molecular weight excluding hydrogens is 221 g/mol. The number of carbonyl (C=O) groups is 1. The quantitative estimate of drug-likeness (QED) is 0.788. The van der Waals surface area contributed by atoms with Crippen molar-refractivity contribution in [2.75, 3.05) is 18.6 Å². The van der Waals surface area contributed by atoms with E-state index in [2.05, 4.69) is 0 Å². The van der Waals surface area contributed by atoms with Crippen molar-refractivity contribution >= 4 is 11.6 Å². The molecule has 1 aliphatic rings. The van der Waals surface area contributed by atoms with Gasteiger partial charge in [0.25, 0.3) is 5.91 Å². The van der Waals surface area contributed by atoms with Crippen LogP contribution in [0.4, 0.5) is 10.1 Å². The summed E-state index contributed by atoms with van der Waals surface area (Å²) < 4.78 is 18.1. The van der Waals surface area contributed by atoms with Gasteiger partial charge in [-0.05, 0) is 43.2 Å². The maximum Gasteiger partial charge on any atom is 0.292 e. The van der Waals surface area contributed by atoms with Crippen molar-refractivity contribution < 1.29 is 13.9 Å². The largest absolute Gasteiger partial charge is 0.488 e. The monoisotopic (exact) mass is 235 g/mol. The summed E-state index contributed by atoms with van der Waals surface area (Å²) in [5, 5.41) is 0. The summed E-state index contributed by atoms with van der Waals surface area (Å²) in [7, 11) is 1.65. The lowest BCUT2D eigenvalue weighted by atomic mass is 10.2. The molecule has 1 amide bonds. The fraction of sp³-hybridized carbons (Fsp3) is 0.308. The van der Waals surface area contributed by atoms with Crippen LogP contribution in [-0.2, 0) is 9.53 Å². The summed E-state index contributed by atoms with van der Waals surface area (Å²) in [6.07, 6.45) is 3.60. The molecule has 0 spiro atoms. The smallest absolute Gasteiger partial charge is 0.292 e. The summed E-state index contributed by atoms with van der Waals surface area (Å²) in [5.74, 6) is -0.137. The van der Waals surface area contributed by atoms with Crippen molar-refractivity contribution in [2.24, 2.45) is 0 Å². The number of halogens is 1. The summed E-state index contributed by atoms with van der Waals surface area (Å²) in [6.45, 7) is 0.578. The molecular formula is C13H14FNO2. The number of amides is 1. The maximum absolute atomic E-state index is 12.8. The van der Waals surface area contributed by atoms with E-state index >= 15 is 0 Å². The van der Waals surface area contributed by atoms with Crippen LogP contribution in [0.1, 0.15) is 12.8 Å². The summed E-state index contributed by atoms with van der Waals surface area (Å²) in [4.78, 5) is 13.5. The van der Waals surface area contributed by atoms with E-state index in [1.54, 1.807) is 25.3 Å². The highest BCUT2D eigenvalue weighted by atomic mass is 19.1. The Morgan fingerprint density at radius 1 is 1.35 bits per heavy atom. The molecule has 1 aliphatic heterocycles. The Balaban J connectivity index is 2.14. The van der Waals surface area contributed by atoms with Gasteiger partial charge < -0.3 is 9.64 Å². The molecule has 0 radical (unpaired) electrons. The lowest BCUT2D eigenvalue weighted by Gasteiger charge is -2.21. The average Bonchev–Trinajstić information content (AvgIpc) is 2.39. The van der Waals surface area contributed by atoms with Crippen LogP contribution in [-0.4, -0.2) is 19.6 Å². The number of rotatable bonds is 2. The van der Waals surface area contributed by atoms with Crippen molar-refractivity contribution in [3.63, 3.8) is 0 Å². The molecule has 0 bridgehead atoms. The first-order valence-corrected chi connectivity index (χ1v) is 5.55. The Morgan fingerprint density at radius 3 is 2.65 bits per heavy atom. The topological polar surface area (TPSA) is 29.5 Å². The molecule has 0 saturated heterocycles. The second kappa shape index (κ2) is 4.99. The fourth-order valence-electron chi connectivity index (χ4n) is 1.65. The second-order valence-electron chi connectivity index (χ2n) is 3.90. The van der Waals surface area contributed by atoms with E-state index in [-0.39, 0.29) is 11.7 Å². The van der Waals surface area contributed by atoms with Gasteiger partial charge in [-0.2, -0.15) is 0 Å². The van der Waals surface area contributed by atoms with E-state index in [4.69, 9.17) is 4.74 Å². The lowest BCUT2D eigenvalue weighted by molar-refractivity contribution is -0.118. The standard InChI is InChI=1S/C13H14FNO2/c1-15(11-7-5-10(14)6-8-11)13(16)12-4-2-3-9-17-12/h4-8H,2-3,9H2,1H3. The van der Waals surface area contributed by atoms with Gasteiger partial charge in [0.1, 0.15) is 5.82 Å². The first-order valence-electron chi connectivity index (χ1n) is 5.55. The number of nitrogens with zero attached hydrogens (tertiary/aromatic N) is 1. The van der Waals surface area contributed by atoms with Crippen LogP contribution in [0.3, 0.4) is 0 Å². The molecule has 1 aromatic rings. The molecule has 0 N–H and O–H groups in total. The molecule has 17 heavy (non-hydrogen) atoms. The van der Waals surface area contributed by atoms with E-state index in [1.807, 2.05) is 0 Å². The lowest BCUT2D eigenvalue weighted by Crippen LogP contribution is -2.29. The zero-order chi connectivity index (χ0) is 12.3.